The number of hydrogen-bond acceptors (Lipinski definition) is 2. The summed E-state index contributed by atoms with van der Waals surface area (Å²) in [6.45, 7) is 4.51. The van der Waals surface area contributed by atoms with E-state index >= 15 is 0 Å². The first-order chi connectivity index (χ1) is 7.69. The maximum absolute atomic E-state index is 5.96. The van der Waals surface area contributed by atoms with E-state index in [9.17, 15) is 0 Å². The molecule has 90 valence electrons. The molecule has 0 amide bonds. The highest BCUT2D eigenvalue weighted by atomic mass is 35.5. The van der Waals surface area contributed by atoms with E-state index in [4.69, 9.17) is 11.6 Å². The van der Waals surface area contributed by atoms with Crippen LogP contribution in [-0.4, -0.2) is 6.04 Å². The molecule has 0 aliphatic heterocycles. The maximum atomic E-state index is 5.96. The average Bonchev–Trinajstić information content (AvgIpc) is 2.97. The van der Waals surface area contributed by atoms with Crippen LogP contribution in [0.4, 0.5) is 0 Å². The van der Waals surface area contributed by atoms with Crippen LogP contribution >= 0.6 is 22.9 Å². The third-order valence-electron chi connectivity index (χ3n) is 3.31. The summed E-state index contributed by atoms with van der Waals surface area (Å²) in [5.74, 6) is 0.997. The van der Waals surface area contributed by atoms with E-state index in [1.54, 1.807) is 11.3 Å². The molecule has 0 spiro atoms. The van der Waals surface area contributed by atoms with Gasteiger partial charge in [-0.2, -0.15) is 0 Å². The second-order valence-corrected chi connectivity index (χ2v) is 6.56. The van der Waals surface area contributed by atoms with E-state index in [0.29, 0.717) is 12.1 Å². The van der Waals surface area contributed by atoms with Gasteiger partial charge in [-0.25, -0.2) is 0 Å². The molecule has 2 atom stereocenters. The predicted molar refractivity (Wildman–Crippen MR) is 72.3 cm³/mol. The van der Waals surface area contributed by atoms with Gasteiger partial charge in [0.05, 0.1) is 4.34 Å². The number of nitrogens with one attached hydrogen (secondary N) is 1. The summed E-state index contributed by atoms with van der Waals surface area (Å²) >= 11 is 7.65. The van der Waals surface area contributed by atoms with Crippen molar-refractivity contribution in [2.75, 3.05) is 0 Å². The van der Waals surface area contributed by atoms with E-state index in [1.165, 1.54) is 30.6 Å². The topological polar surface area (TPSA) is 12.0 Å². The van der Waals surface area contributed by atoms with Crippen molar-refractivity contribution in [1.82, 2.24) is 5.32 Å². The Morgan fingerprint density at radius 1 is 1.50 bits per heavy atom. The zero-order valence-corrected chi connectivity index (χ0v) is 11.6. The summed E-state index contributed by atoms with van der Waals surface area (Å²) in [6, 6.07) is 5.22. The van der Waals surface area contributed by atoms with Crippen LogP contribution in [0, 0.1) is 5.92 Å². The van der Waals surface area contributed by atoms with Crippen LogP contribution in [0.15, 0.2) is 12.1 Å². The van der Waals surface area contributed by atoms with Crippen LogP contribution in [0.3, 0.4) is 0 Å². The van der Waals surface area contributed by atoms with Crippen LogP contribution in [0.1, 0.15) is 50.4 Å². The second kappa shape index (κ2) is 5.52. The van der Waals surface area contributed by atoms with Gasteiger partial charge in [0.1, 0.15) is 0 Å². The van der Waals surface area contributed by atoms with Crippen molar-refractivity contribution < 1.29 is 0 Å². The first kappa shape index (κ1) is 12.4. The SMILES string of the molecule is CCC(CC1CC1)NC(C)c1ccc(Cl)s1. The lowest BCUT2D eigenvalue weighted by atomic mass is 10.1. The van der Waals surface area contributed by atoms with Crippen LogP contribution < -0.4 is 5.32 Å². The highest BCUT2D eigenvalue weighted by Gasteiger charge is 2.25. The molecule has 2 unspecified atom stereocenters. The fourth-order valence-corrected chi connectivity index (χ4v) is 3.18. The number of halogens is 1. The molecule has 1 aliphatic rings. The van der Waals surface area contributed by atoms with E-state index in [0.717, 1.165) is 10.3 Å². The first-order valence-electron chi connectivity index (χ1n) is 6.20. The summed E-state index contributed by atoms with van der Waals surface area (Å²) in [5.41, 5.74) is 0. The predicted octanol–water partition coefficient (Wildman–Crippen LogP) is 4.63. The Kier molecular flexibility index (Phi) is 4.28. The van der Waals surface area contributed by atoms with Crippen molar-refractivity contribution in [3.8, 4) is 0 Å². The molecule has 3 heteroatoms. The molecule has 1 aromatic rings. The van der Waals surface area contributed by atoms with E-state index in [1.807, 2.05) is 6.07 Å². The molecular weight excluding hydrogens is 238 g/mol. The zero-order chi connectivity index (χ0) is 11.5. The summed E-state index contributed by atoms with van der Waals surface area (Å²) in [4.78, 5) is 1.35. The van der Waals surface area contributed by atoms with Crippen molar-refractivity contribution in [2.45, 2.75) is 51.6 Å². The Balaban J connectivity index is 1.86. The summed E-state index contributed by atoms with van der Waals surface area (Å²) in [6.07, 6.45) is 5.45. The summed E-state index contributed by atoms with van der Waals surface area (Å²) in [7, 11) is 0. The van der Waals surface area contributed by atoms with Crippen molar-refractivity contribution in [2.24, 2.45) is 5.92 Å². The molecule has 1 nitrogen and oxygen atoms in total. The average molecular weight is 258 g/mol. The summed E-state index contributed by atoms with van der Waals surface area (Å²) < 4.78 is 0.888. The van der Waals surface area contributed by atoms with Gasteiger partial charge >= 0.3 is 0 Å². The van der Waals surface area contributed by atoms with Crippen LogP contribution in [0.25, 0.3) is 0 Å². The minimum atomic E-state index is 0.432. The fraction of sp³-hybridized carbons (Fsp3) is 0.692. The van der Waals surface area contributed by atoms with Crippen molar-refractivity contribution >= 4 is 22.9 Å². The molecule has 1 saturated carbocycles. The Morgan fingerprint density at radius 2 is 2.25 bits per heavy atom. The van der Waals surface area contributed by atoms with Gasteiger partial charge < -0.3 is 5.32 Å². The van der Waals surface area contributed by atoms with E-state index < -0.39 is 0 Å². The molecule has 1 aliphatic carbocycles. The van der Waals surface area contributed by atoms with Gasteiger partial charge in [0.2, 0.25) is 0 Å². The maximum Gasteiger partial charge on any atom is 0.0931 e. The Bertz CT molecular complexity index is 332. The van der Waals surface area contributed by atoms with Crippen molar-refractivity contribution in [3.05, 3.63) is 21.3 Å². The smallest absolute Gasteiger partial charge is 0.0931 e. The highest BCUT2D eigenvalue weighted by molar-refractivity contribution is 7.16. The number of thiophene rings is 1. The van der Waals surface area contributed by atoms with Gasteiger partial charge in [-0.05, 0) is 37.8 Å². The lowest BCUT2D eigenvalue weighted by Gasteiger charge is -2.21. The van der Waals surface area contributed by atoms with Gasteiger partial charge in [-0.3, -0.25) is 0 Å². The van der Waals surface area contributed by atoms with Crippen LogP contribution in [-0.2, 0) is 0 Å². The first-order valence-corrected chi connectivity index (χ1v) is 7.39. The number of hydrogen-bond donors (Lipinski definition) is 1. The van der Waals surface area contributed by atoms with Crippen LogP contribution in [0.5, 0.6) is 0 Å². The van der Waals surface area contributed by atoms with Crippen LogP contribution in [0.2, 0.25) is 4.34 Å². The largest absolute Gasteiger partial charge is 0.307 e. The normalized spacial score (nSPS) is 19.7. The van der Waals surface area contributed by atoms with Gasteiger partial charge in [0, 0.05) is 17.0 Å². The van der Waals surface area contributed by atoms with Crippen molar-refractivity contribution in [1.29, 1.82) is 0 Å². The minimum Gasteiger partial charge on any atom is -0.307 e. The molecule has 0 bridgehead atoms. The second-order valence-electron chi connectivity index (χ2n) is 4.81. The Hall–Kier alpha value is -0.0500. The van der Waals surface area contributed by atoms with Gasteiger partial charge in [-0.15, -0.1) is 11.3 Å². The molecule has 0 aromatic carbocycles. The third kappa shape index (κ3) is 3.47. The molecule has 2 rings (SSSR count). The molecule has 1 N–H and O–H groups in total. The fourth-order valence-electron chi connectivity index (χ4n) is 2.11. The quantitative estimate of drug-likeness (QED) is 0.784. The molecule has 1 fully saturated rings. The van der Waals surface area contributed by atoms with E-state index in [-0.39, 0.29) is 0 Å². The molecule has 1 aromatic heterocycles. The minimum absolute atomic E-state index is 0.432. The Morgan fingerprint density at radius 3 is 2.75 bits per heavy atom. The third-order valence-corrected chi connectivity index (χ3v) is 4.73. The zero-order valence-electron chi connectivity index (χ0n) is 10.0. The molecule has 1 heterocycles. The molecule has 0 radical (unpaired) electrons. The lowest BCUT2D eigenvalue weighted by Crippen LogP contribution is -2.31. The lowest BCUT2D eigenvalue weighted by molar-refractivity contribution is 0.407. The summed E-state index contributed by atoms with van der Waals surface area (Å²) in [5, 5.41) is 3.72. The monoisotopic (exact) mass is 257 g/mol. The van der Waals surface area contributed by atoms with Gasteiger partial charge in [0.15, 0.2) is 0 Å². The van der Waals surface area contributed by atoms with Gasteiger partial charge in [-0.1, -0.05) is 31.4 Å². The molecular formula is C13H20ClNS. The highest BCUT2D eigenvalue weighted by Crippen LogP contribution is 2.35. The van der Waals surface area contributed by atoms with Crippen molar-refractivity contribution in [3.63, 3.8) is 0 Å². The standard InChI is InChI=1S/C13H20ClNS/c1-3-11(8-10-4-5-10)15-9(2)12-6-7-13(14)16-12/h6-7,9-11,15H,3-5,8H2,1-2H3. The van der Waals surface area contributed by atoms with Gasteiger partial charge in [0.25, 0.3) is 0 Å². The van der Waals surface area contributed by atoms with E-state index in [2.05, 4.69) is 25.2 Å². The molecule has 0 saturated heterocycles. The Labute approximate surface area is 107 Å². The molecule has 16 heavy (non-hydrogen) atoms. The number of rotatable bonds is 6.